The molecule has 9 nitrogen and oxygen atoms in total. The van der Waals surface area contributed by atoms with E-state index >= 15 is 0 Å². The third-order valence-corrected chi connectivity index (χ3v) is 9.73. The number of allylic oxidation sites excluding steroid dienone is 5. The molecule has 10 heteroatoms. The average Bonchev–Trinajstić information content (AvgIpc) is 3.09. The highest BCUT2D eigenvalue weighted by molar-refractivity contribution is 7.47. The van der Waals surface area contributed by atoms with Crippen LogP contribution in [-0.4, -0.2) is 59.0 Å². The van der Waals surface area contributed by atoms with Crippen molar-refractivity contribution in [3.8, 4) is 0 Å². The monoisotopic (exact) mass is 729 g/mol. The van der Waals surface area contributed by atoms with Crippen LogP contribution >= 0.6 is 7.82 Å². The van der Waals surface area contributed by atoms with Crippen LogP contribution in [0.5, 0.6) is 0 Å². The van der Waals surface area contributed by atoms with Crippen molar-refractivity contribution in [2.24, 2.45) is 5.73 Å². The Morgan fingerprint density at radius 3 is 1.66 bits per heavy atom. The molecule has 0 bridgehead atoms. The largest absolute Gasteiger partial charge is 0.472 e. The Bertz CT molecular complexity index is 899. The summed E-state index contributed by atoms with van der Waals surface area (Å²) in [7, 11) is -4.40. The number of rotatable bonds is 37. The molecule has 0 radical (unpaired) electrons. The quantitative estimate of drug-likeness (QED) is 0.0241. The highest BCUT2D eigenvalue weighted by Crippen LogP contribution is 2.43. The van der Waals surface area contributed by atoms with Crippen molar-refractivity contribution >= 4 is 13.7 Å². The average molecular weight is 729 g/mol. The Morgan fingerprint density at radius 2 is 1.14 bits per heavy atom. The molecular formula is C40H77N2O7P. The molecule has 4 atom stereocenters. The van der Waals surface area contributed by atoms with Gasteiger partial charge in [0.1, 0.15) is 0 Å². The second kappa shape index (κ2) is 36.1. The lowest BCUT2D eigenvalue weighted by Gasteiger charge is -2.24. The van der Waals surface area contributed by atoms with Crippen LogP contribution in [0.2, 0.25) is 0 Å². The zero-order chi connectivity index (χ0) is 37.0. The van der Waals surface area contributed by atoms with Crippen LogP contribution in [0.1, 0.15) is 174 Å². The smallest absolute Gasteiger partial charge is 0.393 e. The maximum atomic E-state index is 12.8. The molecular weight excluding hydrogens is 651 g/mol. The maximum absolute atomic E-state index is 12.8. The number of phosphoric ester groups is 1. The van der Waals surface area contributed by atoms with E-state index in [1.54, 1.807) is 6.08 Å². The van der Waals surface area contributed by atoms with Gasteiger partial charge in [-0.05, 0) is 57.8 Å². The van der Waals surface area contributed by atoms with Crippen LogP contribution < -0.4 is 11.1 Å². The first-order chi connectivity index (χ1) is 24.3. The number of phosphoric acid groups is 1. The molecule has 0 aromatic carbocycles. The number of carbonyl (C=O) groups excluding carboxylic acids is 1. The van der Waals surface area contributed by atoms with E-state index in [-0.39, 0.29) is 19.6 Å². The molecule has 4 unspecified atom stereocenters. The second-order valence-corrected chi connectivity index (χ2v) is 15.1. The first-order valence-corrected chi connectivity index (χ1v) is 21.7. The Labute approximate surface area is 306 Å². The molecule has 0 spiro atoms. The van der Waals surface area contributed by atoms with E-state index in [0.717, 1.165) is 44.9 Å². The highest BCUT2D eigenvalue weighted by atomic mass is 31.2. The predicted molar refractivity (Wildman–Crippen MR) is 209 cm³/mol. The van der Waals surface area contributed by atoms with Gasteiger partial charge in [0, 0.05) is 6.54 Å². The van der Waals surface area contributed by atoms with Crippen molar-refractivity contribution in [3.63, 3.8) is 0 Å². The lowest BCUT2D eigenvalue weighted by atomic mass is 10.0. The Kier molecular flexibility index (Phi) is 35.1. The van der Waals surface area contributed by atoms with Crippen LogP contribution in [0.4, 0.5) is 0 Å². The van der Waals surface area contributed by atoms with Gasteiger partial charge in [-0.3, -0.25) is 13.8 Å². The number of aliphatic hydroxyl groups is 2. The van der Waals surface area contributed by atoms with Gasteiger partial charge in [-0.2, -0.15) is 0 Å². The van der Waals surface area contributed by atoms with Crippen LogP contribution in [0.15, 0.2) is 36.5 Å². The summed E-state index contributed by atoms with van der Waals surface area (Å²) < 4.78 is 22.0. The molecule has 50 heavy (non-hydrogen) atoms. The lowest BCUT2D eigenvalue weighted by molar-refractivity contribution is -0.124. The van der Waals surface area contributed by atoms with E-state index < -0.39 is 38.6 Å². The minimum Gasteiger partial charge on any atom is -0.393 e. The fourth-order valence-electron chi connectivity index (χ4n) is 5.66. The molecule has 294 valence electrons. The molecule has 0 aliphatic carbocycles. The van der Waals surface area contributed by atoms with Crippen molar-refractivity contribution in [3.05, 3.63) is 36.5 Å². The summed E-state index contributed by atoms with van der Waals surface area (Å²) in [4.78, 5) is 22.7. The van der Waals surface area contributed by atoms with Gasteiger partial charge >= 0.3 is 7.82 Å². The minimum atomic E-state index is -4.40. The van der Waals surface area contributed by atoms with Crippen LogP contribution in [0.3, 0.4) is 0 Å². The minimum absolute atomic E-state index is 0.0432. The van der Waals surface area contributed by atoms with Gasteiger partial charge in [0.25, 0.3) is 0 Å². The van der Waals surface area contributed by atoms with Crippen molar-refractivity contribution in [2.45, 2.75) is 193 Å². The molecule has 0 heterocycles. The van der Waals surface area contributed by atoms with Gasteiger partial charge in [0.2, 0.25) is 5.91 Å². The van der Waals surface area contributed by atoms with E-state index in [1.165, 1.54) is 96.3 Å². The molecule has 0 aromatic heterocycles. The number of aliphatic hydroxyl groups excluding tert-OH is 2. The SMILES string of the molecule is CCCCCCCC/C=C\CCCCCCCC(O)CC(=O)NC(COP(=O)(O)OCCN)C(O)/C=C/CC/C=C/CCCCCCCCC. The van der Waals surface area contributed by atoms with E-state index in [2.05, 4.69) is 43.5 Å². The Balaban J connectivity index is 4.44. The summed E-state index contributed by atoms with van der Waals surface area (Å²) in [5, 5.41) is 23.9. The van der Waals surface area contributed by atoms with Crippen LogP contribution in [0.25, 0.3) is 0 Å². The summed E-state index contributed by atoms with van der Waals surface area (Å²) in [5.74, 6) is -0.463. The first kappa shape index (κ1) is 48.7. The topological polar surface area (TPSA) is 151 Å². The number of unbranched alkanes of at least 4 members (excludes halogenated alkanes) is 19. The van der Waals surface area contributed by atoms with E-state index in [0.29, 0.717) is 12.8 Å². The molecule has 0 fully saturated rings. The fourth-order valence-corrected chi connectivity index (χ4v) is 6.41. The van der Waals surface area contributed by atoms with Crippen molar-refractivity contribution in [1.29, 1.82) is 0 Å². The molecule has 0 aromatic rings. The van der Waals surface area contributed by atoms with Gasteiger partial charge < -0.3 is 26.2 Å². The van der Waals surface area contributed by atoms with E-state index in [4.69, 9.17) is 14.8 Å². The van der Waals surface area contributed by atoms with Gasteiger partial charge in [0.05, 0.1) is 37.9 Å². The number of nitrogens with two attached hydrogens (primary N) is 1. The van der Waals surface area contributed by atoms with Crippen molar-refractivity contribution < 1.29 is 33.5 Å². The standard InChI is InChI=1S/C40H77N2O7P/c1-3-5-7-9-11-13-15-17-18-20-21-23-25-27-29-31-37(43)35-40(45)42-38(36-49-50(46,47)48-34-33-41)39(44)32-30-28-26-24-22-19-16-14-12-10-8-6-4-2/h17-18,22,24,30,32,37-39,43-44H,3-16,19-21,23,25-29,31,33-36,41H2,1-2H3,(H,42,45)(H,46,47)/b18-17-,24-22+,32-30+. The zero-order valence-electron chi connectivity index (χ0n) is 32.0. The summed E-state index contributed by atoms with van der Waals surface area (Å²) >= 11 is 0. The van der Waals surface area contributed by atoms with Crippen molar-refractivity contribution in [2.75, 3.05) is 19.8 Å². The summed E-state index contributed by atoms with van der Waals surface area (Å²) in [6.45, 7) is 3.91. The maximum Gasteiger partial charge on any atom is 0.472 e. The van der Waals surface area contributed by atoms with Crippen LogP contribution in [0, 0.1) is 0 Å². The van der Waals surface area contributed by atoms with E-state index in [1.807, 2.05) is 6.08 Å². The van der Waals surface area contributed by atoms with Gasteiger partial charge in [-0.1, -0.05) is 147 Å². The first-order valence-electron chi connectivity index (χ1n) is 20.2. The Hall–Kier alpha value is -1.32. The van der Waals surface area contributed by atoms with E-state index in [9.17, 15) is 24.5 Å². The second-order valence-electron chi connectivity index (χ2n) is 13.7. The molecule has 0 saturated carbocycles. The normalized spacial score (nSPS) is 15.2. The molecule has 1 amide bonds. The number of carbonyl (C=O) groups is 1. The lowest BCUT2D eigenvalue weighted by Crippen LogP contribution is -2.46. The number of hydrogen-bond donors (Lipinski definition) is 5. The number of nitrogens with one attached hydrogen (secondary N) is 1. The zero-order valence-corrected chi connectivity index (χ0v) is 32.9. The molecule has 0 aliphatic heterocycles. The Morgan fingerprint density at radius 1 is 0.680 bits per heavy atom. The summed E-state index contributed by atoms with van der Waals surface area (Å²) in [5.41, 5.74) is 5.35. The van der Waals surface area contributed by atoms with Gasteiger partial charge in [0.15, 0.2) is 0 Å². The summed E-state index contributed by atoms with van der Waals surface area (Å²) in [6.07, 6.45) is 38.0. The predicted octanol–water partition coefficient (Wildman–Crippen LogP) is 9.75. The molecule has 6 N–H and O–H groups in total. The third kappa shape index (κ3) is 33.8. The fraction of sp³-hybridized carbons (Fsp3) is 0.825. The van der Waals surface area contributed by atoms with Gasteiger partial charge in [-0.25, -0.2) is 4.57 Å². The highest BCUT2D eigenvalue weighted by Gasteiger charge is 2.27. The molecule has 0 saturated heterocycles. The summed E-state index contributed by atoms with van der Waals surface area (Å²) in [6, 6.07) is -0.999. The molecule has 0 aliphatic rings. The molecule has 0 rings (SSSR count). The number of hydrogen-bond acceptors (Lipinski definition) is 7. The number of amides is 1. The van der Waals surface area contributed by atoms with Crippen molar-refractivity contribution in [1.82, 2.24) is 5.32 Å². The van der Waals surface area contributed by atoms with Gasteiger partial charge in [-0.15, -0.1) is 0 Å². The van der Waals surface area contributed by atoms with Crippen LogP contribution in [-0.2, 0) is 18.4 Å². The third-order valence-electron chi connectivity index (χ3n) is 8.74.